The van der Waals surface area contributed by atoms with Gasteiger partial charge in [0.05, 0.1) is 5.25 Å². The SMILES string of the molecule is CS(=O)(=O)C1CCCC(NCCC(=O)N2CCCC2)C1. The Hall–Kier alpha value is -0.620. The number of rotatable bonds is 5. The van der Waals surface area contributed by atoms with E-state index in [9.17, 15) is 13.2 Å². The first-order valence-corrected chi connectivity index (χ1v) is 9.62. The van der Waals surface area contributed by atoms with Gasteiger partial charge in [0.15, 0.2) is 0 Å². The van der Waals surface area contributed by atoms with Crippen molar-refractivity contribution in [3.63, 3.8) is 0 Å². The van der Waals surface area contributed by atoms with Crippen LogP contribution in [0.2, 0.25) is 0 Å². The Morgan fingerprint density at radius 3 is 2.55 bits per heavy atom. The highest BCUT2D eigenvalue weighted by Crippen LogP contribution is 2.23. The van der Waals surface area contributed by atoms with Gasteiger partial charge in [-0.2, -0.15) is 0 Å². The van der Waals surface area contributed by atoms with Gasteiger partial charge in [-0.05, 0) is 32.1 Å². The van der Waals surface area contributed by atoms with Gasteiger partial charge in [0.25, 0.3) is 0 Å². The lowest BCUT2D eigenvalue weighted by Gasteiger charge is -2.29. The minimum atomic E-state index is -2.93. The summed E-state index contributed by atoms with van der Waals surface area (Å²) in [4.78, 5) is 13.8. The average molecular weight is 302 g/mol. The molecule has 5 nitrogen and oxygen atoms in total. The van der Waals surface area contributed by atoms with Crippen molar-refractivity contribution < 1.29 is 13.2 Å². The summed E-state index contributed by atoms with van der Waals surface area (Å²) in [5, 5.41) is 3.16. The van der Waals surface area contributed by atoms with Gasteiger partial charge in [-0.15, -0.1) is 0 Å². The van der Waals surface area contributed by atoms with E-state index >= 15 is 0 Å². The molecule has 20 heavy (non-hydrogen) atoms. The number of hydrogen-bond donors (Lipinski definition) is 1. The van der Waals surface area contributed by atoms with Crippen molar-refractivity contribution >= 4 is 15.7 Å². The zero-order chi connectivity index (χ0) is 14.6. The van der Waals surface area contributed by atoms with E-state index in [1.165, 1.54) is 6.26 Å². The summed E-state index contributed by atoms with van der Waals surface area (Å²) in [6.07, 6.45) is 7.55. The van der Waals surface area contributed by atoms with Gasteiger partial charge in [-0.1, -0.05) is 6.42 Å². The maximum atomic E-state index is 11.9. The molecule has 2 unspecified atom stereocenters. The molecule has 2 atom stereocenters. The van der Waals surface area contributed by atoms with Crippen LogP contribution in [0, 0.1) is 0 Å². The van der Waals surface area contributed by atoms with E-state index in [-0.39, 0.29) is 17.2 Å². The molecule has 1 saturated heterocycles. The molecule has 1 amide bonds. The van der Waals surface area contributed by atoms with E-state index in [4.69, 9.17) is 0 Å². The first kappa shape index (κ1) is 15.8. The molecule has 0 spiro atoms. The number of nitrogens with one attached hydrogen (secondary N) is 1. The molecule has 1 aliphatic carbocycles. The molecule has 0 bridgehead atoms. The third kappa shape index (κ3) is 4.45. The zero-order valence-electron chi connectivity index (χ0n) is 12.3. The molecule has 116 valence electrons. The Bertz CT molecular complexity index is 430. The van der Waals surface area contributed by atoms with E-state index < -0.39 is 9.84 Å². The Kier molecular flexibility index (Phi) is 5.43. The molecule has 6 heteroatoms. The predicted octanol–water partition coefficient (Wildman–Crippen LogP) is 0.944. The quantitative estimate of drug-likeness (QED) is 0.821. The second-order valence-electron chi connectivity index (χ2n) is 6.11. The number of nitrogens with zero attached hydrogens (tertiary/aromatic N) is 1. The van der Waals surface area contributed by atoms with Crippen LogP contribution >= 0.6 is 0 Å². The summed E-state index contributed by atoms with van der Waals surface area (Å²) < 4.78 is 23.2. The van der Waals surface area contributed by atoms with Gasteiger partial charge in [0, 0.05) is 38.4 Å². The average Bonchev–Trinajstić information content (AvgIpc) is 2.92. The highest BCUT2D eigenvalue weighted by molar-refractivity contribution is 7.91. The largest absolute Gasteiger partial charge is 0.343 e. The van der Waals surface area contributed by atoms with Crippen LogP contribution in [0.25, 0.3) is 0 Å². The van der Waals surface area contributed by atoms with Gasteiger partial charge in [0.1, 0.15) is 9.84 Å². The Morgan fingerprint density at radius 2 is 1.90 bits per heavy atom. The van der Waals surface area contributed by atoms with Gasteiger partial charge >= 0.3 is 0 Å². The maximum absolute atomic E-state index is 11.9. The molecule has 0 aromatic heterocycles. The van der Waals surface area contributed by atoms with Crippen molar-refractivity contribution in [3.8, 4) is 0 Å². The van der Waals surface area contributed by atoms with Crippen LogP contribution in [0.3, 0.4) is 0 Å². The van der Waals surface area contributed by atoms with E-state index in [0.29, 0.717) is 19.4 Å². The molecule has 2 rings (SSSR count). The van der Waals surface area contributed by atoms with E-state index in [0.717, 1.165) is 45.2 Å². The second kappa shape index (κ2) is 6.89. The lowest BCUT2D eigenvalue weighted by Crippen LogP contribution is -2.40. The van der Waals surface area contributed by atoms with Crippen molar-refractivity contribution in [1.29, 1.82) is 0 Å². The summed E-state index contributed by atoms with van der Waals surface area (Å²) in [6, 6.07) is 0.245. The minimum Gasteiger partial charge on any atom is -0.343 e. The summed E-state index contributed by atoms with van der Waals surface area (Å²) in [7, 11) is -2.93. The molecule has 0 aromatic rings. The number of carbonyl (C=O) groups is 1. The van der Waals surface area contributed by atoms with Crippen LogP contribution in [0.4, 0.5) is 0 Å². The van der Waals surface area contributed by atoms with Gasteiger partial charge < -0.3 is 10.2 Å². The van der Waals surface area contributed by atoms with Crippen LogP contribution in [-0.2, 0) is 14.6 Å². The molecule has 1 saturated carbocycles. The molecule has 0 radical (unpaired) electrons. The highest BCUT2D eigenvalue weighted by Gasteiger charge is 2.28. The summed E-state index contributed by atoms with van der Waals surface area (Å²) in [5.41, 5.74) is 0. The Balaban J connectivity index is 1.69. The maximum Gasteiger partial charge on any atom is 0.223 e. The minimum absolute atomic E-state index is 0.206. The number of hydrogen-bond acceptors (Lipinski definition) is 4. The summed E-state index contributed by atoms with van der Waals surface area (Å²) >= 11 is 0. The van der Waals surface area contributed by atoms with E-state index in [2.05, 4.69) is 5.32 Å². The Labute approximate surface area is 122 Å². The standard InChI is InChI=1S/C14H26N2O3S/c1-20(18,19)13-6-4-5-12(11-13)15-8-7-14(17)16-9-2-3-10-16/h12-13,15H,2-11H2,1H3. The molecular weight excluding hydrogens is 276 g/mol. The van der Waals surface area contributed by atoms with Crippen LogP contribution in [0.15, 0.2) is 0 Å². The van der Waals surface area contributed by atoms with Crippen molar-refractivity contribution in [3.05, 3.63) is 0 Å². The van der Waals surface area contributed by atoms with Gasteiger partial charge in [0.2, 0.25) is 5.91 Å². The lowest BCUT2D eigenvalue weighted by atomic mass is 9.95. The van der Waals surface area contributed by atoms with Crippen LogP contribution < -0.4 is 5.32 Å². The topological polar surface area (TPSA) is 66.5 Å². The molecule has 2 aliphatic rings. The van der Waals surface area contributed by atoms with E-state index in [1.54, 1.807) is 0 Å². The number of carbonyl (C=O) groups excluding carboxylic acids is 1. The van der Waals surface area contributed by atoms with Crippen LogP contribution in [0.1, 0.15) is 44.9 Å². The molecule has 1 N–H and O–H groups in total. The fourth-order valence-electron chi connectivity index (χ4n) is 3.23. The Morgan fingerprint density at radius 1 is 1.20 bits per heavy atom. The summed E-state index contributed by atoms with van der Waals surface area (Å²) in [5.74, 6) is 0.227. The third-order valence-electron chi connectivity index (χ3n) is 4.46. The first-order chi connectivity index (χ1) is 9.47. The number of sulfone groups is 1. The van der Waals surface area contributed by atoms with Crippen molar-refractivity contribution in [2.75, 3.05) is 25.9 Å². The molecular formula is C14H26N2O3S. The van der Waals surface area contributed by atoms with Crippen LogP contribution in [0.5, 0.6) is 0 Å². The normalized spacial score (nSPS) is 27.8. The highest BCUT2D eigenvalue weighted by atomic mass is 32.2. The van der Waals surface area contributed by atoms with Gasteiger partial charge in [-0.3, -0.25) is 4.79 Å². The predicted molar refractivity (Wildman–Crippen MR) is 79.3 cm³/mol. The van der Waals surface area contributed by atoms with Gasteiger partial charge in [-0.25, -0.2) is 8.42 Å². The fraction of sp³-hybridized carbons (Fsp3) is 0.929. The zero-order valence-corrected chi connectivity index (χ0v) is 13.1. The first-order valence-electron chi connectivity index (χ1n) is 7.67. The smallest absolute Gasteiger partial charge is 0.223 e. The van der Waals surface area contributed by atoms with Crippen LogP contribution in [-0.4, -0.2) is 56.4 Å². The second-order valence-corrected chi connectivity index (χ2v) is 8.43. The van der Waals surface area contributed by atoms with Crippen molar-refractivity contribution in [1.82, 2.24) is 10.2 Å². The summed E-state index contributed by atoms with van der Waals surface area (Å²) in [6.45, 7) is 2.47. The number of amides is 1. The lowest BCUT2D eigenvalue weighted by molar-refractivity contribution is -0.130. The van der Waals surface area contributed by atoms with Crippen molar-refractivity contribution in [2.45, 2.75) is 56.2 Å². The molecule has 2 fully saturated rings. The molecule has 1 aliphatic heterocycles. The van der Waals surface area contributed by atoms with Crippen molar-refractivity contribution in [2.24, 2.45) is 0 Å². The van der Waals surface area contributed by atoms with E-state index in [1.807, 2.05) is 4.90 Å². The third-order valence-corrected chi connectivity index (χ3v) is 6.10. The monoisotopic (exact) mass is 302 g/mol. The molecule has 1 heterocycles. The fourth-order valence-corrected chi connectivity index (χ4v) is 4.40. The molecule has 0 aromatic carbocycles. The number of likely N-dealkylation sites (tertiary alicyclic amines) is 1.